The van der Waals surface area contributed by atoms with E-state index in [0.29, 0.717) is 18.8 Å². The molecule has 3 aromatic carbocycles. The number of hydrogen-bond acceptors (Lipinski definition) is 4. The van der Waals surface area contributed by atoms with Crippen molar-refractivity contribution in [1.29, 1.82) is 0 Å². The van der Waals surface area contributed by atoms with Crippen LogP contribution < -0.4 is 19.5 Å². The molecule has 5 nitrogen and oxygen atoms in total. The molecule has 154 valence electrons. The molecule has 0 aromatic heterocycles. The van der Waals surface area contributed by atoms with Crippen molar-refractivity contribution in [1.82, 2.24) is 0 Å². The highest BCUT2D eigenvalue weighted by molar-refractivity contribution is 5.99. The Hall–Kier alpha value is -3.21. The Morgan fingerprint density at radius 3 is 2.80 bits per heavy atom. The van der Waals surface area contributed by atoms with E-state index in [-0.39, 0.29) is 17.4 Å². The number of carbonyl (C=O) groups is 1. The zero-order valence-corrected chi connectivity index (χ0v) is 17.5. The molecule has 2 aliphatic heterocycles. The Labute approximate surface area is 175 Å². The summed E-state index contributed by atoms with van der Waals surface area (Å²) in [6, 6.07) is 16.0. The molecule has 0 fully saturated rings. The van der Waals surface area contributed by atoms with E-state index >= 15 is 0 Å². The Morgan fingerprint density at radius 2 is 1.97 bits per heavy atom. The first-order valence-electron chi connectivity index (χ1n) is 10.3. The van der Waals surface area contributed by atoms with E-state index in [1.54, 1.807) is 7.11 Å². The van der Waals surface area contributed by atoms with Crippen LogP contribution in [0.2, 0.25) is 0 Å². The van der Waals surface area contributed by atoms with Crippen LogP contribution in [0.1, 0.15) is 37.3 Å². The van der Waals surface area contributed by atoms with E-state index in [9.17, 15) is 4.79 Å². The van der Waals surface area contributed by atoms with Crippen LogP contribution in [0.25, 0.3) is 10.8 Å². The predicted octanol–water partition coefficient (Wildman–Crippen LogP) is 5.07. The van der Waals surface area contributed by atoms with Crippen molar-refractivity contribution < 1.29 is 19.0 Å². The minimum absolute atomic E-state index is 0.0324. The van der Waals surface area contributed by atoms with E-state index in [2.05, 4.69) is 17.4 Å². The Bertz CT molecular complexity index is 1150. The number of ether oxygens (including phenoxy) is 3. The van der Waals surface area contributed by atoms with Crippen LogP contribution >= 0.6 is 0 Å². The highest BCUT2D eigenvalue weighted by Gasteiger charge is 2.34. The van der Waals surface area contributed by atoms with Crippen LogP contribution in [0.3, 0.4) is 0 Å². The molecule has 30 heavy (non-hydrogen) atoms. The number of rotatable bonds is 3. The van der Waals surface area contributed by atoms with Gasteiger partial charge in [0.2, 0.25) is 5.91 Å². The molecule has 0 bridgehead atoms. The average molecular weight is 403 g/mol. The molecule has 0 spiro atoms. The number of hydrogen-bond donors (Lipinski definition) is 1. The zero-order chi connectivity index (χ0) is 20.9. The lowest BCUT2D eigenvalue weighted by Gasteiger charge is -2.26. The SMILES string of the molecule is COc1cc(NC(=O)C2CCOc3c2ccc2ccccc32)cc2c1OC(C)(C)C2. The van der Waals surface area contributed by atoms with Crippen LogP contribution in [0.4, 0.5) is 5.69 Å². The minimum atomic E-state index is -0.279. The molecule has 1 atom stereocenters. The largest absolute Gasteiger partial charge is 0.493 e. The molecule has 5 heteroatoms. The summed E-state index contributed by atoms with van der Waals surface area (Å²) in [4.78, 5) is 13.3. The fourth-order valence-corrected chi connectivity index (χ4v) is 4.53. The van der Waals surface area contributed by atoms with Crippen molar-refractivity contribution in [2.45, 2.75) is 38.2 Å². The number of nitrogens with one attached hydrogen (secondary N) is 1. The first-order valence-corrected chi connectivity index (χ1v) is 10.3. The first kappa shape index (κ1) is 18.8. The molecular formula is C25H25NO4. The lowest BCUT2D eigenvalue weighted by atomic mass is 9.90. The van der Waals surface area contributed by atoms with Gasteiger partial charge in [-0.1, -0.05) is 36.4 Å². The number of benzene rings is 3. The number of anilines is 1. The number of fused-ring (bicyclic) bond motifs is 4. The van der Waals surface area contributed by atoms with E-state index in [4.69, 9.17) is 14.2 Å². The quantitative estimate of drug-likeness (QED) is 0.664. The van der Waals surface area contributed by atoms with Gasteiger partial charge in [0.25, 0.3) is 0 Å². The van der Waals surface area contributed by atoms with Gasteiger partial charge in [-0.3, -0.25) is 4.79 Å². The summed E-state index contributed by atoms with van der Waals surface area (Å²) in [7, 11) is 1.62. The van der Waals surface area contributed by atoms with Gasteiger partial charge in [0, 0.05) is 34.7 Å². The number of amides is 1. The molecule has 2 aliphatic rings. The fraction of sp³-hybridized carbons (Fsp3) is 0.320. The molecule has 1 unspecified atom stereocenters. The molecule has 2 heterocycles. The predicted molar refractivity (Wildman–Crippen MR) is 117 cm³/mol. The summed E-state index contributed by atoms with van der Waals surface area (Å²) in [6.45, 7) is 4.62. The van der Waals surface area contributed by atoms with E-state index in [0.717, 1.165) is 45.5 Å². The van der Waals surface area contributed by atoms with Gasteiger partial charge in [-0.05, 0) is 31.7 Å². The summed E-state index contributed by atoms with van der Waals surface area (Å²) in [5.74, 6) is 1.94. The summed E-state index contributed by atoms with van der Waals surface area (Å²) < 4.78 is 17.5. The summed E-state index contributed by atoms with van der Waals surface area (Å²) in [6.07, 6.45) is 1.42. The van der Waals surface area contributed by atoms with Gasteiger partial charge in [0.1, 0.15) is 11.4 Å². The van der Waals surface area contributed by atoms with Crippen LogP contribution in [-0.4, -0.2) is 25.2 Å². The molecule has 0 saturated carbocycles. The average Bonchev–Trinajstić information content (AvgIpc) is 3.06. The van der Waals surface area contributed by atoms with Crippen molar-refractivity contribution in [2.75, 3.05) is 19.0 Å². The molecule has 0 saturated heterocycles. The third-order valence-electron chi connectivity index (χ3n) is 5.87. The molecular weight excluding hydrogens is 378 g/mol. The van der Waals surface area contributed by atoms with Gasteiger partial charge in [0.15, 0.2) is 11.5 Å². The third kappa shape index (κ3) is 3.15. The fourth-order valence-electron chi connectivity index (χ4n) is 4.53. The standard InChI is InChI=1S/C25H25NO4/c1-25(2)14-16-12-17(13-21(28-3)22(16)30-25)26-24(27)20-10-11-29-23-18-7-5-4-6-15(18)8-9-19(20)23/h4-9,12-13,20H,10-11,14H2,1-3H3,(H,26,27). The molecule has 0 aliphatic carbocycles. The lowest BCUT2D eigenvalue weighted by Crippen LogP contribution is -2.26. The zero-order valence-electron chi connectivity index (χ0n) is 17.5. The molecule has 1 amide bonds. The summed E-state index contributed by atoms with van der Waals surface area (Å²) in [5, 5.41) is 5.26. The van der Waals surface area contributed by atoms with Crippen molar-refractivity contribution in [3.8, 4) is 17.2 Å². The second kappa shape index (κ2) is 6.94. The van der Waals surface area contributed by atoms with Crippen LogP contribution in [0.15, 0.2) is 48.5 Å². The van der Waals surface area contributed by atoms with Crippen LogP contribution in [0.5, 0.6) is 17.2 Å². The number of methoxy groups -OCH3 is 1. The highest BCUT2D eigenvalue weighted by atomic mass is 16.5. The van der Waals surface area contributed by atoms with Gasteiger partial charge >= 0.3 is 0 Å². The second-order valence-electron chi connectivity index (χ2n) is 8.59. The molecule has 1 N–H and O–H groups in total. The van der Waals surface area contributed by atoms with Crippen molar-refractivity contribution in [2.24, 2.45) is 0 Å². The maximum atomic E-state index is 13.3. The van der Waals surface area contributed by atoms with Crippen LogP contribution in [0, 0.1) is 0 Å². The van der Waals surface area contributed by atoms with E-state index in [1.807, 2.05) is 50.2 Å². The van der Waals surface area contributed by atoms with E-state index < -0.39 is 0 Å². The van der Waals surface area contributed by atoms with Gasteiger partial charge in [0.05, 0.1) is 19.6 Å². The van der Waals surface area contributed by atoms with Crippen LogP contribution in [-0.2, 0) is 11.2 Å². The van der Waals surface area contributed by atoms with Crippen molar-refractivity contribution in [3.05, 3.63) is 59.7 Å². The van der Waals surface area contributed by atoms with Gasteiger partial charge in [-0.2, -0.15) is 0 Å². The smallest absolute Gasteiger partial charge is 0.232 e. The van der Waals surface area contributed by atoms with Gasteiger partial charge < -0.3 is 19.5 Å². The highest BCUT2D eigenvalue weighted by Crippen LogP contribution is 2.44. The Balaban J connectivity index is 1.46. The maximum absolute atomic E-state index is 13.3. The van der Waals surface area contributed by atoms with Crippen molar-refractivity contribution >= 4 is 22.4 Å². The normalized spacial score (nSPS) is 18.7. The molecule has 0 radical (unpaired) electrons. The molecule has 5 rings (SSSR count). The Morgan fingerprint density at radius 1 is 1.13 bits per heavy atom. The van der Waals surface area contributed by atoms with Gasteiger partial charge in [-0.15, -0.1) is 0 Å². The monoisotopic (exact) mass is 403 g/mol. The van der Waals surface area contributed by atoms with Crippen molar-refractivity contribution in [3.63, 3.8) is 0 Å². The maximum Gasteiger partial charge on any atom is 0.232 e. The first-order chi connectivity index (χ1) is 14.4. The lowest BCUT2D eigenvalue weighted by molar-refractivity contribution is -0.118. The topological polar surface area (TPSA) is 56.8 Å². The Kier molecular flexibility index (Phi) is 4.35. The number of carbonyl (C=O) groups excluding carboxylic acids is 1. The summed E-state index contributed by atoms with van der Waals surface area (Å²) >= 11 is 0. The third-order valence-corrected chi connectivity index (χ3v) is 5.87. The second-order valence-corrected chi connectivity index (χ2v) is 8.59. The van der Waals surface area contributed by atoms with Gasteiger partial charge in [-0.25, -0.2) is 0 Å². The summed E-state index contributed by atoms with van der Waals surface area (Å²) in [5.41, 5.74) is 2.44. The van der Waals surface area contributed by atoms with E-state index in [1.165, 1.54) is 0 Å². The minimum Gasteiger partial charge on any atom is -0.493 e. The molecule has 3 aromatic rings.